The highest BCUT2D eigenvalue weighted by molar-refractivity contribution is 5.95. The standard InChI is InChI=1S/C15H16N2O4/c1-9-5-4-6-12(11(9)3)15(19)20-8-14(18)16-13-7-10(2)21-17-13/h4-7H,8H2,1-3H3,(H,16,17,18). The van der Waals surface area contributed by atoms with E-state index in [9.17, 15) is 9.59 Å². The summed E-state index contributed by atoms with van der Waals surface area (Å²) in [6, 6.07) is 6.93. The zero-order valence-electron chi connectivity index (χ0n) is 12.1. The van der Waals surface area contributed by atoms with E-state index in [4.69, 9.17) is 9.26 Å². The molecular formula is C15H16N2O4. The predicted molar refractivity (Wildman–Crippen MR) is 76.1 cm³/mol. The number of nitrogens with one attached hydrogen (secondary N) is 1. The van der Waals surface area contributed by atoms with E-state index < -0.39 is 11.9 Å². The van der Waals surface area contributed by atoms with Crippen LogP contribution in [-0.2, 0) is 9.53 Å². The number of carbonyl (C=O) groups excluding carboxylic acids is 2. The van der Waals surface area contributed by atoms with Crippen LogP contribution in [0.15, 0.2) is 28.8 Å². The molecule has 0 fully saturated rings. The van der Waals surface area contributed by atoms with Crippen molar-refractivity contribution in [3.8, 4) is 0 Å². The number of rotatable bonds is 4. The monoisotopic (exact) mass is 288 g/mol. The number of esters is 1. The van der Waals surface area contributed by atoms with E-state index >= 15 is 0 Å². The topological polar surface area (TPSA) is 81.4 Å². The van der Waals surface area contributed by atoms with Gasteiger partial charge in [0.2, 0.25) is 0 Å². The quantitative estimate of drug-likeness (QED) is 0.874. The summed E-state index contributed by atoms with van der Waals surface area (Å²) in [6.45, 7) is 5.08. The van der Waals surface area contributed by atoms with Crippen LogP contribution in [0.5, 0.6) is 0 Å². The van der Waals surface area contributed by atoms with Gasteiger partial charge in [0.1, 0.15) is 5.76 Å². The summed E-state index contributed by atoms with van der Waals surface area (Å²) >= 11 is 0. The molecule has 0 bridgehead atoms. The molecule has 6 nitrogen and oxygen atoms in total. The van der Waals surface area contributed by atoms with Gasteiger partial charge in [-0.15, -0.1) is 0 Å². The maximum absolute atomic E-state index is 11.9. The lowest BCUT2D eigenvalue weighted by Crippen LogP contribution is -2.21. The Labute approximate surface area is 122 Å². The van der Waals surface area contributed by atoms with Gasteiger partial charge in [0, 0.05) is 6.07 Å². The molecule has 0 radical (unpaired) electrons. The Morgan fingerprint density at radius 2 is 2.05 bits per heavy atom. The number of hydrogen-bond donors (Lipinski definition) is 1. The molecule has 1 N–H and O–H groups in total. The van der Waals surface area contributed by atoms with Crippen molar-refractivity contribution in [2.24, 2.45) is 0 Å². The van der Waals surface area contributed by atoms with Gasteiger partial charge in [-0.2, -0.15) is 0 Å². The lowest BCUT2D eigenvalue weighted by Gasteiger charge is -2.08. The first-order chi connectivity index (χ1) is 9.97. The second-order valence-electron chi connectivity index (χ2n) is 4.69. The third-order valence-corrected chi connectivity index (χ3v) is 3.05. The Bertz CT molecular complexity index is 676. The van der Waals surface area contributed by atoms with E-state index in [1.807, 2.05) is 19.9 Å². The smallest absolute Gasteiger partial charge is 0.338 e. The molecule has 0 spiro atoms. The zero-order chi connectivity index (χ0) is 15.4. The SMILES string of the molecule is Cc1cc(NC(=O)COC(=O)c2cccc(C)c2C)no1. The average Bonchev–Trinajstić information content (AvgIpc) is 2.84. The molecule has 1 heterocycles. The van der Waals surface area contributed by atoms with Gasteiger partial charge in [-0.05, 0) is 38.0 Å². The molecule has 1 aromatic heterocycles. The number of amides is 1. The second kappa shape index (κ2) is 6.21. The lowest BCUT2D eigenvalue weighted by molar-refractivity contribution is -0.119. The van der Waals surface area contributed by atoms with Crippen molar-refractivity contribution in [3.63, 3.8) is 0 Å². The van der Waals surface area contributed by atoms with Gasteiger partial charge in [-0.3, -0.25) is 4.79 Å². The summed E-state index contributed by atoms with van der Waals surface area (Å²) in [5, 5.41) is 6.09. The van der Waals surface area contributed by atoms with Crippen LogP contribution in [0.4, 0.5) is 5.82 Å². The first-order valence-electron chi connectivity index (χ1n) is 6.44. The minimum Gasteiger partial charge on any atom is -0.452 e. The molecule has 0 saturated heterocycles. The second-order valence-corrected chi connectivity index (χ2v) is 4.69. The molecule has 0 saturated carbocycles. The largest absolute Gasteiger partial charge is 0.452 e. The van der Waals surface area contributed by atoms with Crippen molar-refractivity contribution in [1.29, 1.82) is 0 Å². The van der Waals surface area contributed by atoms with Crippen molar-refractivity contribution in [3.05, 3.63) is 46.7 Å². The molecule has 0 aliphatic heterocycles. The highest BCUT2D eigenvalue weighted by Gasteiger charge is 2.14. The van der Waals surface area contributed by atoms with E-state index in [1.54, 1.807) is 25.1 Å². The third kappa shape index (κ3) is 3.68. The normalized spacial score (nSPS) is 10.2. The van der Waals surface area contributed by atoms with Crippen LogP contribution >= 0.6 is 0 Å². The fourth-order valence-corrected chi connectivity index (χ4v) is 1.79. The van der Waals surface area contributed by atoms with E-state index in [2.05, 4.69) is 10.5 Å². The van der Waals surface area contributed by atoms with Gasteiger partial charge in [0.15, 0.2) is 12.4 Å². The van der Waals surface area contributed by atoms with Crippen LogP contribution in [-0.4, -0.2) is 23.6 Å². The fraction of sp³-hybridized carbons (Fsp3) is 0.267. The summed E-state index contributed by atoms with van der Waals surface area (Å²) in [6.07, 6.45) is 0. The van der Waals surface area contributed by atoms with E-state index in [1.165, 1.54) is 0 Å². The summed E-state index contributed by atoms with van der Waals surface area (Å²) in [4.78, 5) is 23.6. The molecule has 0 unspecified atom stereocenters. The Balaban J connectivity index is 1.92. The zero-order valence-corrected chi connectivity index (χ0v) is 12.1. The summed E-state index contributed by atoms with van der Waals surface area (Å²) in [7, 11) is 0. The first-order valence-corrected chi connectivity index (χ1v) is 6.44. The minimum absolute atomic E-state index is 0.292. The molecule has 0 aliphatic carbocycles. The van der Waals surface area contributed by atoms with Gasteiger partial charge in [-0.25, -0.2) is 4.79 Å². The first kappa shape index (κ1) is 14.8. The van der Waals surface area contributed by atoms with Crippen molar-refractivity contribution in [2.45, 2.75) is 20.8 Å². The predicted octanol–water partition coefficient (Wildman–Crippen LogP) is 2.40. The van der Waals surface area contributed by atoms with Crippen molar-refractivity contribution >= 4 is 17.7 Å². The van der Waals surface area contributed by atoms with Gasteiger partial charge < -0.3 is 14.6 Å². The maximum Gasteiger partial charge on any atom is 0.338 e. The molecular weight excluding hydrogens is 272 g/mol. The van der Waals surface area contributed by atoms with Crippen LogP contribution in [0, 0.1) is 20.8 Å². The van der Waals surface area contributed by atoms with Crippen LogP contribution < -0.4 is 5.32 Å². The molecule has 1 aromatic carbocycles. The minimum atomic E-state index is -0.525. The Kier molecular flexibility index (Phi) is 4.37. The van der Waals surface area contributed by atoms with Crippen molar-refractivity contribution in [2.75, 3.05) is 11.9 Å². The number of aromatic nitrogens is 1. The number of nitrogens with zero attached hydrogens (tertiary/aromatic N) is 1. The lowest BCUT2D eigenvalue weighted by atomic mass is 10.0. The van der Waals surface area contributed by atoms with Crippen LogP contribution in [0.1, 0.15) is 27.2 Å². The molecule has 2 rings (SSSR count). The molecule has 2 aromatic rings. The van der Waals surface area contributed by atoms with E-state index in [0.29, 0.717) is 17.1 Å². The number of hydrogen-bond acceptors (Lipinski definition) is 5. The highest BCUT2D eigenvalue weighted by atomic mass is 16.5. The third-order valence-electron chi connectivity index (χ3n) is 3.05. The van der Waals surface area contributed by atoms with Crippen LogP contribution in [0.2, 0.25) is 0 Å². The number of carbonyl (C=O) groups is 2. The Morgan fingerprint density at radius 3 is 2.71 bits per heavy atom. The van der Waals surface area contributed by atoms with Gasteiger partial charge in [-0.1, -0.05) is 17.3 Å². The number of ether oxygens (including phenoxy) is 1. The van der Waals surface area contributed by atoms with Gasteiger partial charge in [0.05, 0.1) is 5.56 Å². The number of anilines is 1. The Hall–Kier alpha value is -2.63. The van der Waals surface area contributed by atoms with Gasteiger partial charge in [0.25, 0.3) is 5.91 Å². The van der Waals surface area contributed by atoms with Crippen molar-refractivity contribution in [1.82, 2.24) is 5.16 Å². The molecule has 6 heteroatoms. The number of benzene rings is 1. The van der Waals surface area contributed by atoms with Crippen LogP contribution in [0.3, 0.4) is 0 Å². The summed E-state index contributed by atoms with van der Waals surface area (Å²) in [5.74, 6) is -0.123. The van der Waals surface area contributed by atoms with Crippen LogP contribution in [0.25, 0.3) is 0 Å². The average molecular weight is 288 g/mol. The Morgan fingerprint density at radius 1 is 1.29 bits per heavy atom. The van der Waals surface area contributed by atoms with Gasteiger partial charge >= 0.3 is 5.97 Å². The molecule has 0 atom stereocenters. The molecule has 21 heavy (non-hydrogen) atoms. The summed E-state index contributed by atoms with van der Waals surface area (Å²) < 4.78 is 9.81. The van der Waals surface area contributed by atoms with E-state index in [0.717, 1.165) is 11.1 Å². The number of aryl methyl sites for hydroxylation is 2. The highest BCUT2D eigenvalue weighted by Crippen LogP contribution is 2.14. The molecule has 0 aliphatic rings. The molecule has 1 amide bonds. The molecule has 110 valence electrons. The maximum atomic E-state index is 11.9. The van der Waals surface area contributed by atoms with Crippen molar-refractivity contribution < 1.29 is 18.8 Å². The summed E-state index contributed by atoms with van der Waals surface area (Å²) in [5.41, 5.74) is 2.29. The van der Waals surface area contributed by atoms with E-state index in [-0.39, 0.29) is 6.61 Å². The fourth-order valence-electron chi connectivity index (χ4n) is 1.79.